The van der Waals surface area contributed by atoms with Crippen molar-refractivity contribution in [2.45, 2.75) is 19.4 Å². The lowest BCUT2D eigenvalue weighted by Gasteiger charge is -2.18. The molecule has 0 aliphatic rings. The Morgan fingerprint density at radius 2 is 1.90 bits per heavy atom. The van der Waals surface area contributed by atoms with Gasteiger partial charge in [-0.05, 0) is 25.0 Å². The van der Waals surface area contributed by atoms with Crippen LogP contribution in [0.15, 0.2) is 42.5 Å². The van der Waals surface area contributed by atoms with Crippen molar-refractivity contribution in [1.82, 2.24) is 5.43 Å². The van der Waals surface area contributed by atoms with Gasteiger partial charge in [-0.15, -0.1) is 0 Å². The van der Waals surface area contributed by atoms with Gasteiger partial charge in [-0.3, -0.25) is 11.3 Å². The van der Waals surface area contributed by atoms with E-state index in [9.17, 15) is 4.39 Å². The summed E-state index contributed by atoms with van der Waals surface area (Å²) in [4.78, 5) is 0. The smallest absolute Gasteiger partial charge is 0.169 e. The van der Waals surface area contributed by atoms with Crippen molar-refractivity contribution in [1.29, 1.82) is 0 Å². The summed E-state index contributed by atoms with van der Waals surface area (Å²) >= 11 is 0. The summed E-state index contributed by atoms with van der Waals surface area (Å²) in [5, 5.41) is 0. The maximum absolute atomic E-state index is 14.3. The minimum atomic E-state index is -0.370. The first kappa shape index (κ1) is 14.5. The van der Waals surface area contributed by atoms with Crippen LogP contribution in [0.25, 0.3) is 0 Å². The first-order chi connectivity index (χ1) is 9.65. The topological polar surface area (TPSA) is 47.3 Å². The highest BCUT2D eigenvalue weighted by molar-refractivity contribution is 5.34. The maximum Gasteiger partial charge on any atom is 0.169 e. The van der Waals surface area contributed by atoms with E-state index in [-0.39, 0.29) is 17.6 Å². The van der Waals surface area contributed by atoms with E-state index < -0.39 is 0 Å². The van der Waals surface area contributed by atoms with Gasteiger partial charge >= 0.3 is 0 Å². The van der Waals surface area contributed by atoms with Crippen LogP contribution in [0.5, 0.6) is 5.75 Å². The number of halogens is 1. The lowest BCUT2D eigenvalue weighted by Crippen LogP contribution is -2.30. The zero-order valence-corrected chi connectivity index (χ0v) is 11.7. The zero-order chi connectivity index (χ0) is 14.5. The van der Waals surface area contributed by atoms with Gasteiger partial charge in [-0.25, -0.2) is 4.39 Å². The van der Waals surface area contributed by atoms with Crippen LogP contribution in [-0.4, -0.2) is 7.11 Å². The van der Waals surface area contributed by atoms with Gasteiger partial charge in [-0.1, -0.05) is 42.0 Å². The molecule has 0 saturated heterocycles. The number of rotatable bonds is 5. The van der Waals surface area contributed by atoms with Crippen molar-refractivity contribution in [3.63, 3.8) is 0 Å². The van der Waals surface area contributed by atoms with Crippen molar-refractivity contribution in [2.75, 3.05) is 7.11 Å². The van der Waals surface area contributed by atoms with Gasteiger partial charge < -0.3 is 4.74 Å². The Hall–Kier alpha value is -1.91. The first-order valence-corrected chi connectivity index (χ1v) is 6.49. The second kappa shape index (κ2) is 6.50. The lowest BCUT2D eigenvalue weighted by atomic mass is 9.98. The molecule has 3 nitrogen and oxygen atoms in total. The van der Waals surface area contributed by atoms with E-state index in [0.29, 0.717) is 12.0 Å². The van der Waals surface area contributed by atoms with Gasteiger partial charge in [0, 0.05) is 5.56 Å². The summed E-state index contributed by atoms with van der Waals surface area (Å²) in [5.41, 5.74) is 5.48. The van der Waals surface area contributed by atoms with Crippen molar-refractivity contribution in [3.05, 3.63) is 65.0 Å². The number of nitrogens with two attached hydrogens (primary N) is 1. The van der Waals surface area contributed by atoms with Crippen LogP contribution in [0.3, 0.4) is 0 Å². The Kier molecular flexibility index (Phi) is 4.71. The number of nitrogens with one attached hydrogen (secondary N) is 1. The third kappa shape index (κ3) is 3.15. The molecule has 0 radical (unpaired) electrons. The highest BCUT2D eigenvalue weighted by atomic mass is 19.1. The Morgan fingerprint density at radius 1 is 1.20 bits per heavy atom. The molecule has 0 heterocycles. The normalized spacial score (nSPS) is 12.2. The predicted molar refractivity (Wildman–Crippen MR) is 77.9 cm³/mol. The second-order valence-corrected chi connectivity index (χ2v) is 4.77. The minimum Gasteiger partial charge on any atom is -0.494 e. The molecule has 0 bridgehead atoms. The summed E-state index contributed by atoms with van der Waals surface area (Å²) in [5.74, 6) is 5.44. The molecule has 2 aromatic carbocycles. The fourth-order valence-corrected chi connectivity index (χ4v) is 2.17. The Labute approximate surface area is 118 Å². The van der Waals surface area contributed by atoms with Crippen molar-refractivity contribution in [3.8, 4) is 5.75 Å². The summed E-state index contributed by atoms with van der Waals surface area (Å²) in [6.45, 7) is 2.03. The molecule has 0 aromatic heterocycles. The minimum absolute atomic E-state index is 0.228. The summed E-state index contributed by atoms with van der Waals surface area (Å²) in [6.07, 6.45) is 0.612. The van der Waals surface area contributed by atoms with Crippen molar-refractivity contribution >= 4 is 0 Å². The fourth-order valence-electron chi connectivity index (χ4n) is 2.17. The molecule has 0 spiro atoms. The standard InChI is InChI=1S/C16H19FN2O/c1-11-6-8-12(9-7-11)10-14(19-18)13-4-3-5-15(20-2)16(13)17/h3-9,14,19H,10,18H2,1-2H3. The molecule has 106 valence electrons. The molecule has 3 N–H and O–H groups in total. The summed E-state index contributed by atoms with van der Waals surface area (Å²) in [6, 6.07) is 12.9. The van der Waals surface area contributed by atoms with E-state index in [1.54, 1.807) is 18.2 Å². The monoisotopic (exact) mass is 274 g/mol. The van der Waals surface area contributed by atoms with Crippen LogP contribution in [0.1, 0.15) is 22.7 Å². The number of hydrazine groups is 1. The van der Waals surface area contributed by atoms with E-state index in [1.165, 1.54) is 12.7 Å². The molecule has 0 amide bonds. The predicted octanol–water partition coefficient (Wildman–Crippen LogP) is 2.89. The largest absolute Gasteiger partial charge is 0.494 e. The second-order valence-electron chi connectivity index (χ2n) is 4.77. The number of benzene rings is 2. The summed E-state index contributed by atoms with van der Waals surface area (Å²) in [7, 11) is 1.45. The molecule has 0 saturated carbocycles. The molecular formula is C16H19FN2O. The SMILES string of the molecule is COc1cccc(C(Cc2ccc(C)cc2)NN)c1F. The third-order valence-corrected chi connectivity index (χ3v) is 3.35. The molecule has 1 atom stereocenters. The van der Waals surface area contributed by atoms with E-state index >= 15 is 0 Å². The molecule has 2 aromatic rings. The highest BCUT2D eigenvalue weighted by Gasteiger charge is 2.17. The van der Waals surface area contributed by atoms with E-state index in [4.69, 9.17) is 10.6 Å². The number of hydrogen-bond acceptors (Lipinski definition) is 3. The Bertz CT molecular complexity index is 569. The number of aryl methyl sites for hydroxylation is 1. The van der Waals surface area contributed by atoms with Gasteiger partial charge in [0.15, 0.2) is 11.6 Å². The molecule has 1 unspecified atom stereocenters. The highest BCUT2D eigenvalue weighted by Crippen LogP contribution is 2.26. The molecule has 2 rings (SSSR count). The van der Waals surface area contributed by atoms with Gasteiger partial charge in [0.25, 0.3) is 0 Å². The van der Waals surface area contributed by atoms with Crippen LogP contribution < -0.4 is 16.0 Å². The van der Waals surface area contributed by atoms with Gasteiger partial charge in [0.05, 0.1) is 13.2 Å². The quantitative estimate of drug-likeness (QED) is 0.651. The average molecular weight is 274 g/mol. The fraction of sp³-hybridized carbons (Fsp3) is 0.250. The van der Waals surface area contributed by atoms with Gasteiger partial charge in [-0.2, -0.15) is 0 Å². The number of ether oxygens (including phenoxy) is 1. The van der Waals surface area contributed by atoms with Crippen molar-refractivity contribution in [2.24, 2.45) is 5.84 Å². The first-order valence-electron chi connectivity index (χ1n) is 6.49. The molecule has 0 aliphatic heterocycles. The van der Waals surface area contributed by atoms with Crippen LogP contribution in [0.4, 0.5) is 4.39 Å². The summed E-state index contributed by atoms with van der Waals surface area (Å²) < 4.78 is 19.3. The van der Waals surface area contributed by atoms with Gasteiger partial charge in [0.1, 0.15) is 0 Å². The number of methoxy groups -OCH3 is 1. The van der Waals surface area contributed by atoms with E-state index in [2.05, 4.69) is 5.43 Å². The lowest BCUT2D eigenvalue weighted by molar-refractivity contribution is 0.379. The van der Waals surface area contributed by atoms with Crippen LogP contribution in [-0.2, 0) is 6.42 Å². The van der Waals surface area contributed by atoms with Crippen molar-refractivity contribution < 1.29 is 9.13 Å². The Morgan fingerprint density at radius 3 is 2.50 bits per heavy atom. The maximum atomic E-state index is 14.3. The van der Waals surface area contributed by atoms with Gasteiger partial charge in [0.2, 0.25) is 0 Å². The molecule has 0 fully saturated rings. The van der Waals surface area contributed by atoms with E-state index in [0.717, 1.165) is 5.56 Å². The van der Waals surface area contributed by atoms with Crippen LogP contribution in [0, 0.1) is 12.7 Å². The molecule has 0 aliphatic carbocycles. The average Bonchev–Trinajstić information content (AvgIpc) is 2.47. The molecular weight excluding hydrogens is 255 g/mol. The van der Waals surface area contributed by atoms with Crippen LogP contribution in [0.2, 0.25) is 0 Å². The third-order valence-electron chi connectivity index (χ3n) is 3.35. The molecule has 20 heavy (non-hydrogen) atoms. The Balaban J connectivity index is 2.26. The number of hydrogen-bond donors (Lipinski definition) is 2. The van der Waals surface area contributed by atoms with Crippen LogP contribution >= 0.6 is 0 Å². The molecule has 4 heteroatoms. The van der Waals surface area contributed by atoms with E-state index in [1.807, 2.05) is 31.2 Å². The zero-order valence-electron chi connectivity index (χ0n) is 11.7.